The SMILES string of the molecule is CC(c1ccc(F)cc1)N1CCN(c2ccc(OCCO)cc2Cl)[C@H](c2ccc(F)cc2)C1. The summed E-state index contributed by atoms with van der Waals surface area (Å²) in [6, 6.07) is 18.7. The second-order valence-electron chi connectivity index (χ2n) is 8.17. The molecule has 2 atom stereocenters. The normalized spacial score (nSPS) is 17.7. The average Bonchev–Trinajstić information content (AvgIpc) is 2.83. The van der Waals surface area contributed by atoms with E-state index in [9.17, 15) is 8.78 Å². The Labute approximate surface area is 198 Å². The van der Waals surface area contributed by atoms with Crippen LogP contribution in [0.25, 0.3) is 0 Å². The predicted molar refractivity (Wildman–Crippen MR) is 127 cm³/mol. The first-order valence-corrected chi connectivity index (χ1v) is 11.4. The van der Waals surface area contributed by atoms with Gasteiger partial charge in [0.2, 0.25) is 0 Å². The van der Waals surface area contributed by atoms with Crippen LogP contribution in [-0.4, -0.2) is 42.9 Å². The molecule has 1 aliphatic heterocycles. The molecule has 1 saturated heterocycles. The summed E-state index contributed by atoms with van der Waals surface area (Å²) >= 11 is 6.64. The molecule has 1 unspecified atom stereocenters. The summed E-state index contributed by atoms with van der Waals surface area (Å²) in [5, 5.41) is 9.54. The van der Waals surface area contributed by atoms with Gasteiger partial charge in [-0.3, -0.25) is 4.90 Å². The molecular weight excluding hydrogens is 446 g/mol. The van der Waals surface area contributed by atoms with E-state index in [1.807, 2.05) is 36.4 Å². The number of hydrogen-bond donors (Lipinski definition) is 1. The smallest absolute Gasteiger partial charge is 0.123 e. The van der Waals surface area contributed by atoms with Crippen LogP contribution in [0.5, 0.6) is 5.75 Å². The van der Waals surface area contributed by atoms with E-state index in [0.717, 1.165) is 23.4 Å². The van der Waals surface area contributed by atoms with E-state index in [1.54, 1.807) is 6.07 Å². The highest BCUT2D eigenvalue weighted by molar-refractivity contribution is 6.33. The summed E-state index contributed by atoms with van der Waals surface area (Å²) in [6.45, 7) is 4.45. The second kappa shape index (κ2) is 10.5. The minimum absolute atomic E-state index is 0.0519. The van der Waals surface area contributed by atoms with Gasteiger partial charge < -0.3 is 14.7 Å². The average molecular weight is 473 g/mol. The first-order valence-electron chi connectivity index (χ1n) is 11.0. The molecule has 1 fully saturated rings. The molecule has 4 rings (SSSR count). The third-order valence-corrected chi connectivity index (χ3v) is 6.46. The largest absolute Gasteiger partial charge is 0.491 e. The quantitative estimate of drug-likeness (QED) is 0.484. The lowest BCUT2D eigenvalue weighted by Gasteiger charge is -2.45. The molecule has 3 aromatic rings. The molecule has 1 N–H and O–H groups in total. The molecule has 33 heavy (non-hydrogen) atoms. The third-order valence-electron chi connectivity index (χ3n) is 6.16. The standard InChI is InChI=1S/C26H27ClF2N2O2/c1-18(19-2-6-21(28)7-3-19)30-12-13-31(26(17-30)20-4-8-22(29)9-5-20)25-11-10-23(16-24(25)27)33-15-14-32/h2-11,16,18,26,32H,12-15,17H2,1H3/t18?,26-/m0/s1. The maximum absolute atomic E-state index is 13.6. The summed E-state index contributed by atoms with van der Waals surface area (Å²) in [4.78, 5) is 4.59. The number of hydrogen-bond acceptors (Lipinski definition) is 4. The summed E-state index contributed by atoms with van der Waals surface area (Å²) in [5.41, 5.74) is 2.91. The van der Waals surface area contributed by atoms with E-state index in [-0.39, 0.29) is 36.9 Å². The van der Waals surface area contributed by atoms with Gasteiger partial charge >= 0.3 is 0 Å². The van der Waals surface area contributed by atoms with Crippen molar-refractivity contribution in [2.45, 2.75) is 19.0 Å². The molecule has 7 heteroatoms. The Balaban J connectivity index is 1.62. The van der Waals surface area contributed by atoms with Gasteiger partial charge in [0.15, 0.2) is 0 Å². The molecule has 174 valence electrons. The van der Waals surface area contributed by atoms with Gasteiger partial charge in [-0.25, -0.2) is 8.78 Å². The number of rotatable bonds is 7. The highest BCUT2D eigenvalue weighted by Gasteiger charge is 2.32. The number of aliphatic hydroxyl groups is 1. The van der Waals surface area contributed by atoms with Crippen molar-refractivity contribution in [1.29, 1.82) is 0 Å². The van der Waals surface area contributed by atoms with E-state index in [4.69, 9.17) is 21.4 Å². The van der Waals surface area contributed by atoms with Gasteiger partial charge in [0.25, 0.3) is 0 Å². The summed E-state index contributed by atoms with van der Waals surface area (Å²) in [5.74, 6) is 0.0711. The van der Waals surface area contributed by atoms with Crippen molar-refractivity contribution >= 4 is 17.3 Å². The fourth-order valence-electron chi connectivity index (χ4n) is 4.34. The lowest BCUT2D eigenvalue weighted by atomic mass is 9.98. The van der Waals surface area contributed by atoms with E-state index in [1.165, 1.54) is 24.3 Å². The number of halogens is 3. The van der Waals surface area contributed by atoms with Gasteiger partial charge in [0.1, 0.15) is 24.0 Å². The Morgan fingerprint density at radius 1 is 1.00 bits per heavy atom. The van der Waals surface area contributed by atoms with Gasteiger partial charge in [-0.2, -0.15) is 0 Å². The highest BCUT2D eigenvalue weighted by atomic mass is 35.5. The molecule has 0 bridgehead atoms. The van der Waals surface area contributed by atoms with Crippen LogP contribution in [0.2, 0.25) is 5.02 Å². The van der Waals surface area contributed by atoms with Gasteiger partial charge in [-0.05, 0) is 54.4 Å². The van der Waals surface area contributed by atoms with Gasteiger partial charge in [-0.15, -0.1) is 0 Å². The first-order chi connectivity index (χ1) is 16.0. The van der Waals surface area contributed by atoms with Crippen molar-refractivity contribution in [3.05, 3.63) is 94.5 Å². The molecule has 4 nitrogen and oxygen atoms in total. The van der Waals surface area contributed by atoms with E-state index in [2.05, 4.69) is 16.7 Å². The lowest BCUT2D eigenvalue weighted by Crippen LogP contribution is -2.49. The fraction of sp³-hybridized carbons (Fsp3) is 0.308. The van der Waals surface area contributed by atoms with Crippen LogP contribution in [0, 0.1) is 11.6 Å². The van der Waals surface area contributed by atoms with Crippen molar-refractivity contribution in [1.82, 2.24) is 4.90 Å². The van der Waals surface area contributed by atoms with Crippen LogP contribution in [-0.2, 0) is 0 Å². The molecule has 0 saturated carbocycles. The highest BCUT2D eigenvalue weighted by Crippen LogP contribution is 2.38. The fourth-order valence-corrected chi connectivity index (χ4v) is 4.62. The minimum atomic E-state index is -0.277. The maximum atomic E-state index is 13.6. The van der Waals surface area contributed by atoms with Gasteiger partial charge in [0.05, 0.1) is 23.4 Å². The number of aliphatic hydroxyl groups excluding tert-OH is 1. The van der Waals surface area contributed by atoms with Crippen molar-refractivity contribution < 1.29 is 18.6 Å². The monoisotopic (exact) mass is 472 g/mol. The molecule has 0 radical (unpaired) electrons. The zero-order valence-corrected chi connectivity index (χ0v) is 19.2. The second-order valence-corrected chi connectivity index (χ2v) is 8.58. The van der Waals surface area contributed by atoms with E-state index >= 15 is 0 Å². The Bertz CT molecular complexity index is 1060. The predicted octanol–water partition coefficient (Wildman–Crippen LogP) is 5.61. The van der Waals surface area contributed by atoms with Crippen molar-refractivity contribution in [3.63, 3.8) is 0 Å². The van der Waals surface area contributed by atoms with Crippen LogP contribution in [0.4, 0.5) is 14.5 Å². The van der Waals surface area contributed by atoms with Crippen LogP contribution in [0.15, 0.2) is 66.7 Å². The molecule has 0 aliphatic carbocycles. The Kier molecular flexibility index (Phi) is 7.48. The van der Waals surface area contributed by atoms with Crippen molar-refractivity contribution in [2.75, 3.05) is 37.7 Å². The number of benzene rings is 3. The van der Waals surface area contributed by atoms with E-state index in [0.29, 0.717) is 23.9 Å². The first kappa shape index (κ1) is 23.5. The Morgan fingerprint density at radius 3 is 2.30 bits per heavy atom. The summed E-state index contributed by atoms with van der Waals surface area (Å²) < 4.78 is 32.5. The van der Waals surface area contributed by atoms with E-state index < -0.39 is 0 Å². The molecule has 1 aliphatic rings. The summed E-state index contributed by atoms with van der Waals surface area (Å²) in [6.07, 6.45) is 0. The Hall–Kier alpha value is -2.67. The molecule has 1 heterocycles. The van der Waals surface area contributed by atoms with Gasteiger partial charge in [-0.1, -0.05) is 35.9 Å². The number of nitrogens with zero attached hydrogens (tertiary/aromatic N) is 2. The third kappa shape index (κ3) is 5.46. The maximum Gasteiger partial charge on any atom is 0.123 e. The number of piperazine rings is 1. The zero-order valence-electron chi connectivity index (χ0n) is 18.4. The van der Waals surface area contributed by atoms with Crippen LogP contribution < -0.4 is 9.64 Å². The number of anilines is 1. The number of ether oxygens (including phenoxy) is 1. The van der Waals surface area contributed by atoms with Crippen LogP contribution in [0.3, 0.4) is 0 Å². The molecule has 0 spiro atoms. The molecule has 0 amide bonds. The van der Waals surface area contributed by atoms with Gasteiger partial charge in [0, 0.05) is 31.7 Å². The molecular formula is C26H27ClF2N2O2. The molecule has 3 aromatic carbocycles. The Morgan fingerprint density at radius 2 is 1.67 bits per heavy atom. The van der Waals surface area contributed by atoms with Crippen molar-refractivity contribution in [3.8, 4) is 5.75 Å². The minimum Gasteiger partial charge on any atom is -0.491 e. The molecule has 0 aromatic heterocycles. The zero-order chi connectivity index (χ0) is 23.4. The lowest BCUT2D eigenvalue weighted by molar-refractivity contribution is 0.171. The summed E-state index contributed by atoms with van der Waals surface area (Å²) in [7, 11) is 0. The van der Waals surface area contributed by atoms with Crippen molar-refractivity contribution in [2.24, 2.45) is 0 Å². The topological polar surface area (TPSA) is 35.9 Å². The van der Waals surface area contributed by atoms with Crippen LogP contribution in [0.1, 0.15) is 30.1 Å². The van der Waals surface area contributed by atoms with Crippen LogP contribution >= 0.6 is 11.6 Å².